The lowest BCUT2D eigenvalue weighted by Gasteiger charge is -2.27. The number of amides is 1. The van der Waals surface area contributed by atoms with Gasteiger partial charge in [-0.15, -0.1) is 0 Å². The first-order chi connectivity index (χ1) is 16.6. The van der Waals surface area contributed by atoms with Gasteiger partial charge in [-0.25, -0.2) is 4.79 Å². The molecule has 0 aliphatic carbocycles. The van der Waals surface area contributed by atoms with Crippen LogP contribution < -0.4 is 19.5 Å². The summed E-state index contributed by atoms with van der Waals surface area (Å²) in [6.07, 6.45) is -3.48. The summed E-state index contributed by atoms with van der Waals surface area (Å²) in [6, 6.07) is 7.77. The third-order valence-electron chi connectivity index (χ3n) is 5.80. The molecule has 0 radical (unpaired) electrons. The normalized spacial score (nSPS) is 15.3. The first kappa shape index (κ1) is 24.0. The van der Waals surface area contributed by atoms with Crippen LogP contribution in [-0.4, -0.2) is 42.9 Å². The van der Waals surface area contributed by atoms with E-state index in [1.165, 1.54) is 44.2 Å². The predicted octanol–water partition coefficient (Wildman–Crippen LogP) is 4.69. The molecule has 1 aliphatic rings. The number of rotatable bonds is 6. The van der Waals surface area contributed by atoms with Crippen molar-refractivity contribution >= 4 is 17.6 Å². The van der Waals surface area contributed by atoms with Crippen LogP contribution >= 0.6 is 0 Å². The van der Waals surface area contributed by atoms with Crippen LogP contribution in [0.5, 0.6) is 17.2 Å². The molecule has 0 saturated carbocycles. The first-order valence-corrected chi connectivity index (χ1v) is 10.3. The molecular weight excluding hydrogens is 469 g/mol. The van der Waals surface area contributed by atoms with Crippen LogP contribution in [0.3, 0.4) is 0 Å². The molecule has 4 rings (SSSR count). The third-order valence-corrected chi connectivity index (χ3v) is 5.80. The summed E-state index contributed by atoms with van der Waals surface area (Å²) in [6.45, 7) is 0. The molecule has 35 heavy (non-hydrogen) atoms. The van der Waals surface area contributed by atoms with E-state index in [0.717, 1.165) is 12.1 Å². The molecular formula is C24H21F3N2O6. The number of benzene rings is 2. The number of ether oxygens (including phenoxy) is 3. The monoisotopic (exact) mass is 490 g/mol. The van der Waals surface area contributed by atoms with E-state index >= 15 is 0 Å². The van der Waals surface area contributed by atoms with Gasteiger partial charge in [0.25, 0.3) is 0 Å². The topological polar surface area (TPSA) is 99.0 Å². The molecule has 2 N–H and O–H groups in total. The highest BCUT2D eigenvalue weighted by Crippen LogP contribution is 2.46. The first-order valence-electron chi connectivity index (χ1n) is 10.3. The molecule has 11 heteroatoms. The fraction of sp³-hybridized carbons (Fsp3) is 0.250. The van der Waals surface area contributed by atoms with Gasteiger partial charge in [-0.3, -0.25) is 4.79 Å². The quantitative estimate of drug-likeness (QED) is 0.520. The smallest absolute Gasteiger partial charge is 0.416 e. The number of hydrogen-bond acceptors (Lipinski definition) is 5. The van der Waals surface area contributed by atoms with E-state index in [4.69, 9.17) is 14.2 Å². The minimum Gasteiger partial charge on any atom is -0.493 e. The number of halogens is 3. The Hall–Kier alpha value is -4.15. The van der Waals surface area contributed by atoms with Crippen LogP contribution in [-0.2, 0) is 11.0 Å². The minimum absolute atomic E-state index is 0.0184. The molecule has 0 saturated heterocycles. The fourth-order valence-corrected chi connectivity index (χ4v) is 4.25. The van der Waals surface area contributed by atoms with Crippen molar-refractivity contribution in [1.29, 1.82) is 0 Å². The number of carboxylic acids is 1. The Bertz CT molecular complexity index is 1290. The number of hydrogen-bond donors (Lipinski definition) is 2. The Morgan fingerprint density at radius 1 is 1.09 bits per heavy atom. The average molecular weight is 490 g/mol. The van der Waals surface area contributed by atoms with Crippen molar-refractivity contribution in [2.75, 3.05) is 26.6 Å². The lowest BCUT2D eigenvalue weighted by atomic mass is 9.87. The second-order valence-electron chi connectivity index (χ2n) is 7.79. The molecule has 0 fully saturated rings. The van der Waals surface area contributed by atoms with E-state index in [1.54, 1.807) is 12.1 Å². The number of nitrogens with zero attached hydrogens (tertiary/aromatic N) is 1. The van der Waals surface area contributed by atoms with Crippen molar-refractivity contribution in [2.24, 2.45) is 0 Å². The van der Waals surface area contributed by atoms with Crippen molar-refractivity contribution in [2.45, 2.75) is 18.5 Å². The van der Waals surface area contributed by atoms with Gasteiger partial charge in [0.1, 0.15) is 5.56 Å². The van der Waals surface area contributed by atoms with Crippen molar-refractivity contribution in [3.05, 3.63) is 65.0 Å². The minimum atomic E-state index is -4.59. The van der Waals surface area contributed by atoms with E-state index < -0.39 is 29.5 Å². The number of anilines is 1. The van der Waals surface area contributed by atoms with Crippen molar-refractivity contribution in [1.82, 2.24) is 4.57 Å². The zero-order chi connectivity index (χ0) is 25.5. The van der Waals surface area contributed by atoms with Crippen LogP contribution in [0.25, 0.3) is 5.69 Å². The van der Waals surface area contributed by atoms with E-state index in [1.807, 2.05) is 0 Å². The van der Waals surface area contributed by atoms with Gasteiger partial charge in [0.05, 0.1) is 38.3 Å². The molecule has 3 aromatic rings. The number of methoxy groups -OCH3 is 3. The Morgan fingerprint density at radius 2 is 1.74 bits per heavy atom. The summed E-state index contributed by atoms with van der Waals surface area (Å²) >= 11 is 0. The number of fused-ring (bicyclic) bond motifs is 1. The van der Waals surface area contributed by atoms with E-state index in [0.29, 0.717) is 28.5 Å². The number of carbonyl (C=O) groups excluding carboxylic acids is 1. The molecule has 1 aromatic heterocycles. The summed E-state index contributed by atoms with van der Waals surface area (Å²) < 4.78 is 57.7. The Morgan fingerprint density at radius 3 is 2.29 bits per heavy atom. The second kappa shape index (κ2) is 8.90. The molecule has 0 unspecified atom stereocenters. The van der Waals surface area contributed by atoms with Crippen LogP contribution in [0.2, 0.25) is 0 Å². The van der Waals surface area contributed by atoms with E-state index in [-0.39, 0.29) is 23.4 Å². The van der Waals surface area contributed by atoms with Crippen molar-refractivity contribution in [3.8, 4) is 22.9 Å². The molecule has 0 spiro atoms. The van der Waals surface area contributed by atoms with Crippen molar-refractivity contribution in [3.63, 3.8) is 0 Å². The molecule has 0 bridgehead atoms. The number of aromatic nitrogens is 1. The highest BCUT2D eigenvalue weighted by Gasteiger charge is 2.36. The Kier molecular flexibility index (Phi) is 6.10. The van der Waals surface area contributed by atoms with Gasteiger partial charge in [0.2, 0.25) is 11.7 Å². The van der Waals surface area contributed by atoms with Gasteiger partial charge in [-0.2, -0.15) is 13.2 Å². The second-order valence-corrected chi connectivity index (χ2v) is 7.79. The van der Waals surface area contributed by atoms with Crippen LogP contribution in [0, 0.1) is 0 Å². The standard InChI is InChI=1S/C24H21F3N2O6/c1-33-17-7-12(8-18(34-2)22(17)35-3)15-10-19(30)28-20-16(23(31)32)11-29(21(15)20)14-6-4-5-13(9-14)24(25,26)27/h4-9,11,15H,10H2,1-3H3,(H,28,30)(H,31,32)/t15-/m1/s1. The zero-order valence-corrected chi connectivity index (χ0v) is 18.9. The number of carbonyl (C=O) groups is 2. The van der Waals surface area contributed by atoms with Gasteiger partial charge in [0, 0.05) is 24.2 Å². The number of nitrogens with one attached hydrogen (secondary N) is 1. The highest BCUT2D eigenvalue weighted by molar-refractivity contribution is 6.04. The maximum Gasteiger partial charge on any atom is 0.416 e. The Labute approximate surface area is 197 Å². The van der Waals surface area contributed by atoms with E-state index in [9.17, 15) is 27.9 Å². The van der Waals surface area contributed by atoms with Gasteiger partial charge in [-0.1, -0.05) is 6.07 Å². The van der Waals surface area contributed by atoms with Crippen LogP contribution in [0.4, 0.5) is 18.9 Å². The molecule has 8 nitrogen and oxygen atoms in total. The molecule has 1 aliphatic heterocycles. The van der Waals surface area contributed by atoms with E-state index in [2.05, 4.69) is 5.32 Å². The van der Waals surface area contributed by atoms with Crippen LogP contribution in [0.15, 0.2) is 42.6 Å². The largest absolute Gasteiger partial charge is 0.493 e. The molecule has 1 amide bonds. The lowest BCUT2D eigenvalue weighted by Crippen LogP contribution is -2.25. The molecule has 184 valence electrons. The lowest BCUT2D eigenvalue weighted by molar-refractivity contribution is -0.137. The van der Waals surface area contributed by atoms with Gasteiger partial charge < -0.3 is 29.2 Å². The predicted molar refractivity (Wildman–Crippen MR) is 119 cm³/mol. The fourth-order valence-electron chi connectivity index (χ4n) is 4.25. The van der Waals surface area contributed by atoms with Crippen molar-refractivity contribution < 1.29 is 42.1 Å². The molecule has 1 atom stereocenters. The molecule has 2 aromatic carbocycles. The molecule has 2 heterocycles. The van der Waals surface area contributed by atoms with Gasteiger partial charge in [-0.05, 0) is 35.9 Å². The third kappa shape index (κ3) is 4.25. The average Bonchev–Trinajstić information content (AvgIpc) is 3.21. The maximum atomic E-state index is 13.4. The summed E-state index contributed by atoms with van der Waals surface area (Å²) in [5.74, 6) is -1.57. The number of carboxylic acid groups (broad SMARTS) is 1. The SMILES string of the molecule is COc1cc([C@H]2CC(=O)Nc3c(C(=O)O)cn(-c4cccc(C(F)(F)F)c4)c32)cc(OC)c1OC. The zero-order valence-electron chi connectivity index (χ0n) is 18.9. The van der Waals surface area contributed by atoms with Crippen LogP contribution in [0.1, 0.15) is 39.5 Å². The Balaban J connectivity index is 1.99. The highest BCUT2D eigenvalue weighted by atomic mass is 19.4. The summed E-state index contributed by atoms with van der Waals surface area (Å²) in [5.41, 5.74) is -0.182. The van der Waals surface area contributed by atoms with Gasteiger partial charge in [0.15, 0.2) is 11.5 Å². The summed E-state index contributed by atoms with van der Waals surface area (Å²) in [5, 5.41) is 12.3. The summed E-state index contributed by atoms with van der Waals surface area (Å²) in [4.78, 5) is 24.6. The number of aromatic carboxylic acids is 1. The maximum absolute atomic E-state index is 13.4. The summed E-state index contributed by atoms with van der Waals surface area (Å²) in [7, 11) is 4.28. The number of alkyl halides is 3. The van der Waals surface area contributed by atoms with Gasteiger partial charge >= 0.3 is 12.1 Å².